The van der Waals surface area contributed by atoms with Gasteiger partial charge in [-0.2, -0.15) is 13.2 Å². The molecule has 0 aromatic heterocycles. The molecule has 2 aromatic carbocycles. The quantitative estimate of drug-likeness (QED) is 0.571. The lowest BCUT2D eigenvalue weighted by Crippen LogP contribution is -2.31. The molecule has 0 fully saturated rings. The second-order valence-electron chi connectivity index (χ2n) is 6.70. The fourth-order valence-corrected chi connectivity index (χ4v) is 4.28. The largest absolute Gasteiger partial charge is 0.416 e. The van der Waals surface area contributed by atoms with E-state index in [1.807, 2.05) is 19.1 Å². The van der Waals surface area contributed by atoms with Gasteiger partial charge in [-0.1, -0.05) is 48.0 Å². The molecule has 5 heteroatoms. The number of halogens is 4. The van der Waals surface area contributed by atoms with Gasteiger partial charge in [0.15, 0.2) is 0 Å². The summed E-state index contributed by atoms with van der Waals surface area (Å²) < 4.78 is 40.6. The number of benzene rings is 2. The van der Waals surface area contributed by atoms with E-state index >= 15 is 0 Å². The average Bonchev–Trinajstić information content (AvgIpc) is 3.06. The van der Waals surface area contributed by atoms with Crippen LogP contribution in [0.3, 0.4) is 0 Å². The van der Waals surface area contributed by atoms with Gasteiger partial charge in [-0.25, -0.2) is 0 Å². The molecule has 2 aromatic rings. The minimum absolute atomic E-state index is 0.0663. The van der Waals surface area contributed by atoms with Crippen LogP contribution in [-0.2, 0) is 6.18 Å². The summed E-state index contributed by atoms with van der Waals surface area (Å²) in [6.45, 7) is 1.90. The van der Waals surface area contributed by atoms with Crippen molar-refractivity contribution in [2.24, 2.45) is 5.92 Å². The molecule has 130 valence electrons. The van der Waals surface area contributed by atoms with Crippen LogP contribution in [0, 0.1) is 12.8 Å². The van der Waals surface area contributed by atoms with Gasteiger partial charge in [-0.05, 0) is 48.1 Å². The molecule has 2 aliphatic rings. The lowest BCUT2D eigenvalue weighted by molar-refractivity contribution is -0.138. The van der Waals surface area contributed by atoms with Gasteiger partial charge in [0.25, 0.3) is 0 Å². The van der Waals surface area contributed by atoms with E-state index in [0.29, 0.717) is 10.6 Å². The predicted molar refractivity (Wildman–Crippen MR) is 94.0 cm³/mol. The molecule has 0 amide bonds. The Bertz CT molecular complexity index is 857. The third kappa shape index (κ3) is 2.63. The topological polar surface area (TPSA) is 12.0 Å². The summed E-state index contributed by atoms with van der Waals surface area (Å²) in [5.41, 5.74) is 2.59. The van der Waals surface area contributed by atoms with E-state index in [2.05, 4.69) is 17.5 Å². The van der Waals surface area contributed by atoms with E-state index in [-0.39, 0.29) is 11.8 Å². The molecule has 1 heterocycles. The lowest BCUT2D eigenvalue weighted by atomic mass is 9.75. The molecule has 4 rings (SSSR count). The zero-order valence-corrected chi connectivity index (χ0v) is 14.3. The molecule has 1 nitrogen and oxygen atoms in total. The van der Waals surface area contributed by atoms with Crippen molar-refractivity contribution >= 4 is 17.3 Å². The monoisotopic (exact) mass is 363 g/mol. The van der Waals surface area contributed by atoms with Gasteiger partial charge in [0.2, 0.25) is 0 Å². The summed E-state index contributed by atoms with van der Waals surface area (Å²) in [5.74, 6) is 0.176. The van der Waals surface area contributed by atoms with Crippen LogP contribution >= 0.6 is 11.6 Å². The maximum Gasteiger partial charge on any atom is 0.416 e. The Morgan fingerprint density at radius 1 is 1.08 bits per heavy atom. The molecule has 1 aliphatic carbocycles. The fourth-order valence-electron chi connectivity index (χ4n) is 4.12. The highest BCUT2D eigenvalue weighted by Gasteiger charge is 2.42. The molecule has 25 heavy (non-hydrogen) atoms. The highest BCUT2D eigenvalue weighted by Crippen LogP contribution is 2.52. The first-order valence-corrected chi connectivity index (χ1v) is 8.64. The maximum absolute atomic E-state index is 13.5. The first-order chi connectivity index (χ1) is 11.9. The molecule has 1 aliphatic heterocycles. The summed E-state index contributed by atoms with van der Waals surface area (Å²) >= 11 is 6.25. The van der Waals surface area contributed by atoms with Gasteiger partial charge < -0.3 is 5.32 Å². The van der Waals surface area contributed by atoms with Crippen LogP contribution in [0.2, 0.25) is 5.02 Å². The van der Waals surface area contributed by atoms with E-state index < -0.39 is 17.8 Å². The average molecular weight is 364 g/mol. The Morgan fingerprint density at radius 3 is 2.60 bits per heavy atom. The van der Waals surface area contributed by atoms with Gasteiger partial charge in [0, 0.05) is 16.6 Å². The number of nitrogens with one attached hydrogen (secondary N) is 1. The van der Waals surface area contributed by atoms with Crippen LogP contribution < -0.4 is 5.32 Å². The molecule has 3 atom stereocenters. The lowest BCUT2D eigenvalue weighted by Gasteiger charge is -2.39. The van der Waals surface area contributed by atoms with Gasteiger partial charge in [0.1, 0.15) is 0 Å². The molecule has 1 N–H and O–H groups in total. The summed E-state index contributed by atoms with van der Waals surface area (Å²) in [4.78, 5) is 0. The Hall–Kier alpha value is -1.94. The summed E-state index contributed by atoms with van der Waals surface area (Å²) in [7, 11) is 0. The van der Waals surface area contributed by atoms with Gasteiger partial charge >= 0.3 is 6.18 Å². The summed E-state index contributed by atoms with van der Waals surface area (Å²) in [6, 6.07) is 9.30. The second kappa shape index (κ2) is 5.80. The molecule has 0 radical (unpaired) electrons. The first kappa shape index (κ1) is 16.5. The van der Waals surface area contributed by atoms with Crippen LogP contribution in [0.15, 0.2) is 48.6 Å². The number of hydrogen-bond donors (Lipinski definition) is 1. The highest BCUT2D eigenvalue weighted by molar-refractivity contribution is 6.31. The smallest absolute Gasteiger partial charge is 0.377 e. The third-order valence-corrected chi connectivity index (χ3v) is 5.74. The minimum Gasteiger partial charge on any atom is -0.377 e. The van der Waals surface area contributed by atoms with Crippen LogP contribution in [0.4, 0.5) is 18.9 Å². The zero-order chi connectivity index (χ0) is 17.8. The van der Waals surface area contributed by atoms with Gasteiger partial charge in [-0.3, -0.25) is 0 Å². The van der Waals surface area contributed by atoms with Crippen molar-refractivity contribution in [3.8, 4) is 0 Å². The third-order valence-electron chi connectivity index (χ3n) is 5.33. The van der Waals surface area contributed by atoms with Crippen molar-refractivity contribution in [2.45, 2.75) is 31.5 Å². The van der Waals surface area contributed by atoms with Crippen LogP contribution in [0.5, 0.6) is 0 Å². The van der Waals surface area contributed by atoms with Crippen molar-refractivity contribution in [3.63, 3.8) is 0 Å². The van der Waals surface area contributed by atoms with Gasteiger partial charge in [-0.15, -0.1) is 0 Å². The van der Waals surface area contributed by atoms with E-state index in [1.165, 1.54) is 6.07 Å². The number of hydrogen-bond acceptors (Lipinski definition) is 1. The standard InChI is InChI=1S/C20H17ClF3N/c1-11-17(21)10-9-14-12-6-4-7-13(12)19(25-18(11)14)15-5-2-3-8-16(15)20(22,23)24/h2-6,8-10,12-13,19,25H,7H2,1H3/t12-,13+,19-/m0/s1. The summed E-state index contributed by atoms with van der Waals surface area (Å²) in [6.07, 6.45) is 0.569. The number of anilines is 1. The minimum atomic E-state index is -4.37. The number of fused-ring (bicyclic) bond motifs is 3. The Balaban J connectivity index is 1.87. The molecular weight excluding hydrogens is 347 g/mol. The van der Waals surface area contributed by atoms with Crippen LogP contribution in [-0.4, -0.2) is 0 Å². The van der Waals surface area contributed by atoms with E-state index in [1.54, 1.807) is 12.1 Å². The molecule has 0 saturated heterocycles. The Kier molecular flexibility index (Phi) is 3.84. The number of allylic oxidation sites excluding steroid dienone is 2. The number of alkyl halides is 3. The van der Waals surface area contributed by atoms with Crippen molar-refractivity contribution in [1.82, 2.24) is 0 Å². The Morgan fingerprint density at radius 2 is 1.84 bits per heavy atom. The van der Waals surface area contributed by atoms with Crippen molar-refractivity contribution < 1.29 is 13.2 Å². The predicted octanol–water partition coefficient (Wildman–Crippen LogP) is 6.49. The maximum atomic E-state index is 13.5. The van der Waals surface area contributed by atoms with Gasteiger partial charge in [0.05, 0.1) is 11.6 Å². The summed E-state index contributed by atoms with van der Waals surface area (Å²) in [5, 5.41) is 4.00. The van der Waals surface area contributed by atoms with E-state index in [4.69, 9.17) is 11.6 Å². The van der Waals surface area contributed by atoms with E-state index in [9.17, 15) is 13.2 Å². The highest BCUT2D eigenvalue weighted by atomic mass is 35.5. The van der Waals surface area contributed by atoms with Crippen molar-refractivity contribution in [1.29, 1.82) is 0 Å². The molecule has 0 spiro atoms. The normalized spacial score (nSPS) is 24.6. The van der Waals surface area contributed by atoms with E-state index in [0.717, 1.165) is 29.3 Å². The second-order valence-corrected chi connectivity index (χ2v) is 7.10. The molecule has 0 saturated carbocycles. The Labute approximate surface area is 149 Å². The first-order valence-electron chi connectivity index (χ1n) is 8.26. The molecular formula is C20H17ClF3N. The van der Waals surface area contributed by atoms with Crippen molar-refractivity contribution in [2.75, 3.05) is 5.32 Å². The SMILES string of the molecule is Cc1c(Cl)ccc2c1N[C@H](c1ccccc1C(F)(F)F)[C@@H]1CC=C[C@H]21. The number of rotatable bonds is 1. The molecule has 0 unspecified atom stereocenters. The van der Waals surface area contributed by atoms with Crippen molar-refractivity contribution in [3.05, 3.63) is 75.8 Å². The fraction of sp³-hybridized carbons (Fsp3) is 0.300. The van der Waals surface area contributed by atoms with Crippen LogP contribution in [0.1, 0.15) is 40.6 Å². The molecule has 0 bridgehead atoms. The van der Waals surface area contributed by atoms with Crippen LogP contribution in [0.25, 0.3) is 0 Å². The zero-order valence-electron chi connectivity index (χ0n) is 13.6.